The predicted octanol–water partition coefficient (Wildman–Crippen LogP) is 4.48. The minimum absolute atomic E-state index is 0.101. The van der Waals surface area contributed by atoms with Gasteiger partial charge in [0.15, 0.2) is 5.11 Å². The SMILES string of the molecule is C[C@@H]1C[C@@H](C)CN(c2cc(N3CCOCC3)nc(NC(=S)NCC3(c4cccc(Cl)c4)CCOCC3)n2)C1. The van der Waals surface area contributed by atoms with Gasteiger partial charge in [0.05, 0.1) is 13.2 Å². The highest BCUT2D eigenvalue weighted by atomic mass is 35.5. The number of halogens is 1. The second kappa shape index (κ2) is 12.3. The maximum atomic E-state index is 6.35. The van der Waals surface area contributed by atoms with Crippen LogP contribution >= 0.6 is 23.8 Å². The van der Waals surface area contributed by atoms with Crippen LogP contribution in [0.4, 0.5) is 17.6 Å². The molecule has 2 atom stereocenters. The van der Waals surface area contributed by atoms with Crippen LogP contribution in [0.2, 0.25) is 5.02 Å². The zero-order valence-electron chi connectivity index (χ0n) is 22.4. The normalized spacial score (nSPS) is 23.7. The van der Waals surface area contributed by atoms with Crippen molar-refractivity contribution >= 4 is 46.5 Å². The van der Waals surface area contributed by atoms with Crippen LogP contribution in [-0.4, -0.2) is 74.2 Å². The topological polar surface area (TPSA) is 74.8 Å². The van der Waals surface area contributed by atoms with E-state index in [4.69, 9.17) is 43.3 Å². The van der Waals surface area contributed by atoms with Crippen LogP contribution in [0.15, 0.2) is 30.3 Å². The number of piperidine rings is 1. The molecule has 3 aliphatic rings. The Kier molecular flexibility index (Phi) is 8.88. The molecule has 5 rings (SSSR count). The fourth-order valence-electron chi connectivity index (χ4n) is 5.99. The lowest BCUT2D eigenvalue weighted by Gasteiger charge is -2.38. The van der Waals surface area contributed by atoms with Gasteiger partial charge in [-0.2, -0.15) is 9.97 Å². The molecule has 1 aromatic carbocycles. The number of nitrogens with one attached hydrogen (secondary N) is 2. The van der Waals surface area contributed by atoms with Crippen LogP contribution in [-0.2, 0) is 14.9 Å². The van der Waals surface area contributed by atoms with Gasteiger partial charge in [0.1, 0.15) is 11.6 Å². The maximum absolute atomic E-state index is 6.35. The molecule has 0 bridgehead atoms. The fourth-order valence-corrected chi connectivity index (χ4v) is 6.34. The molecule has 0 amide bonds. The molecule has 10 heteroatoms. The molecule has 8 nitrogen and oxygen atoms in total. The number of anilines is 3. The molecule has 38 heavy (non-hydrogen) atoms. The van der Waals surface area contributed by atoms with Gasteiger partial charge in [-0.05, 0) is 61.0 Å². The largest absolute Gasteiger partial charge is 0.381 e. The van der Waals surface area contributed by atoms with Gasteiger partial charge in [0, 0.05) is 62.4 Å². The first-order chi connectivity index (χ1) is 18.4. The summed E-state index contributed by atoms with van der Waals surface area (Å²) in [6.07, 6.45) is 3.05. The maximum Gasteiger partial charge on any atom is 0.232 e. The van der Waals surface area contributed by atoms with E-state index < -0.39 is 0 Å². The average Bonchev–Trinajstić information content (AvgIpc) is 2.92. The zero-order chi connectivity index (χ0) is 26.5. The Morgan fingerprint density at radius 3 is 2.34 bits per heavy atom. The van der Waals surface area contributed by atoms with E-state index in [1.807, 2.05) is 12.1 Å². The second-order valence-electron chi connectivity index (χ2n) is 11.1. The molecular formula is C28H39ClN6O2S. The molecule has 1 aromatic heterocycles. The second-order valence-corrected chi connectivity index (χ2v) is 11.9. The van der Waals surface area contributed by atoms with Crippen molar-refractivity contribution in [1.82, 2.24) is 15.3 Å². The quantitative estimate of drug-likeness (QED) is 0.499. The van der Waals surface area contributed by atoms with E-state index in [1.165, 1.54) is 12.0 Å². The number of benzene rings is 1. The standard InChI is InChI=1S/C28H39ClN6O2S/c1-20-14-21(2)18-35(17-20)25-16-24(34-8-12-37-13-9-34)31-26(32-25)33-27(38)30-19-28(6-10-36-11-7-28)22-4-3-5-23(29)15-22/h3-5,15-16,20-21H,6-14,17-19H2,1-2H3,(H2,30,31,32,33,38)/t20-,21-/m1/s1. The number of thiocarbonyl (C=S) groups is 1. The number of aromatic nitrogens is 2. The molecule has 0 unspecified atom stereocenters. The summed E-state index contributed by atoms with van der Waals surface area (Å²) in [6, 6.07) is 10.3. The number of morpholine rings is 1. The molecule has 0 aliphatic carbocycles. The third kappa shape index (κ3) is 6.68. The summed E-state index contributed by atoms with van der Waals surface area (Å²) in [5, 5.41) is 8.03. The van der Waals surface area contributed by atoms with Crippen molar-refractivity contribution in [2.24, 2.45) is 11.8 Å². The Balaban J connectivity index is 1.33. The van der Waals surface area contributed by atoms with Gasteiger partial charge >= 0.3 is 0 Å². The summed E-state index contributed by atoms with van der Waals surface area (Å²) in [5.41, 5.74) is 1.11. The number of ether oxygens (including phenoxy) is 2. The van der Waals surface area contributed by atoms with Gasteiger partial charge in [0.2, 0.25) is 5.95 Å². The lowest BCUT2D eigenvalue weighted by atomic mass is 9.74. The third-order valence-corrected chi connectivity index (χ3v) is 8.41. The van der Waals surface area contributed by atoms with Gasteiger partial charge in [-0.25, -0.2) is 0 Å². The number of hydrogen-bond donors (Lipinski definition) is 2. The molecule has 2 N–H and O–H groups in total. The highest BCUT2D eigenvalue weighted by Gasteiger charge is 2.35. The van der Waals surface area contributed by atoms with E-state index in [2.05, 4.69) is 52.5 Å². The molecule has 0 spiro atoms. The summed E-state index contributed by atoms with van der Waals surface area (Å²) in [5.74, 6) is 3.64. The summed E-state index contributed by atoms with van der Waals surface area (Å²) in [6.45, 7) is 11.8. The summed E-state index contributed by atoms with van der Waals surface area (Å²) >= 11 is 12.1. The van der Waals surface area contributed by atoms with Crippen molar-refractivity contribution in [2.75, 3.05) is 74.3 Å². The van der Waals surface area contributed by atoms with E-state index in [1.54, 1.807) is 0 Å². The van der Waals surface area contributed by atoms with Gasteiger partial charge in [-0.3, -0.25) is 0 Å². The summed E-state index contributed by atoms with van der Waals surface area (Å²) in [7, 11) is 0. The van der Waals surface area contributed by atoms with Gasteiger partial charge < -0.3 is 29.9 Å². The van der Waals surface area contributed by atoms with Crippen molar-refractivity contribution in [3.63, 3.8) is 0 Å². The van der Waals surface area contributed by atoms with Gasteiger partial charge in [-0.1, -0.05) is 37.6 Å². The van der Waals surface area contributed by atoms with E-state index in [0.29, 0.717) is 42.7 Å². The molecule has 3 fully saturated rings. The van der Waals surface area contributed by atoms with Crippen LogP contribution < -0.4 is 20.4 Å². The Morgan fingerprint density at radius 1 is 1.00 bits per heavy atom. The number of nitrogens with zero attached hydrogens (tertiary/aromatic N) is 4. The van der Waals surface area contributed by atoms with Crippen LogP contribution in [0.5, 0.6) is 0 Å². The molecular weight excluding hydrogens is 520 g/mol. The Labute approximate surface area is 236 Å². The van der Waals surface area contributed by atoms with Crippen molar-refractivity contribution in [1.29, 1.82) is 0 Å². The Bertz CT molecular complexity index is 1100. The third-order valence-electron chi connectivity index (χ3n) is 7.93. The van der Waals surface area contributed by atoms with Crippen molar-refractivity contribution in [3.8, 4) is 0 Å². The minimum Gasteiger partial charge on any atom is -0.381 e. The van der Waals surface area contributed by atoms with Crippen molar-refractivity contribution in [3.05, 3.63) is 40.9 Å². The van der Waals surface area contributed by atoms with Crippen LogP contribution in [0.3, 0.4) is 0 Å². The Hall–Kier alpha value is -2.20. The van der Waals surface area contributed by atoms with E-state index in [-0.39, 0.29) is 5.41 Å². The molecule has 3 aliphatic heterocycles. The summed E-state index contributed by atoms with van der Waals surface area (Å²) < 4.78 is 11.3. The lowest BCUT2D eigenvalue weighted by molar-refractivity contribution is 0.0515. The first kappa shape index (κ1) is 27.4. The first-order valence-corrected chi connectivity index (χ1v) is 14.5. The van der Waals surface area contributed by atoms with E-state index >= 15 is 0 Å². The molecule has 3 saturated heterocycles. The minimum atomic E-state index is -0.101. The van der Waals surface area contributed by atoms with E-state index in [9.17, 15) is 0 Å². The Morgan fingerprint density at radius 2 is 1.66 bits per heavy atom. The highest BCUT2D eigenvalue weighted by molar-refractivity contribution is 7.80. The molecule has 0 saturated carbocycles. The van der Waals surface area contributed by atoms with Crippen LogP contribution in [0, 0.1) is 11.8 Å². The number of rotatable bonds is 6. The molecule has 0 radical (unpaired) electrons. The fraction of sp³-hybridized carbons (Fsp3) is 0.607. The molecule has 206 valence electrons. The molecule has 4 heterocycles. The number of hydrogen-bond acceptors (Lipinski definition) is 7. The highest BCUT2D eigenvalue weighted by Crippen LogP contribution is 2.35. The predicted molar refractivity (Wildman–Crippen MR) is 158 cm³/mol. The van der Waals surface area contributed by atoms with E-state index in [0.717, 1.165) is 68.9 Å². The van der Waals surface area contributed by atoms with Gasteiger partial charge in [0.25, 0.3) is 0 Å². The zero-order valence-corrected chi connectivity index (χ0v) is 24.0. The van der Waals surface area contributed by atoms with Crippen molar-refractivity contribution < 1.29 is 9.47 Å². The average molecular weight is 559 g/mol. The van der Waals surface area contributed by atoms with Gasteiger partial charge in [-0.15, -0.1) is 0 Å². The van der Waals surface area contributed by atoms with Crippen LogP contribution in [0.1, 0.15) is 38.7 Å². The first-order valence-electron chi connectivity index (χ1n) is 13.8. The van der Waals surface area contributed by atoms with Crippen LogP contribution in [0.25, 0.3) is 0 Å². The lowest BCUT2D eigenvalue weighted by Crippen LogP contribution is -2.46. The smallest absolute Gasteiger partial charge is 0.232 e. The molecule has 2 aromatic rings. The summed E-state index contributed by atoms with van der Waals surface area (Å²) in [4.78, 5) is 14.5. The monoisotopic (exact) mass is 558 g/mol. The van der Waals surface area contributed by atoms with Crippen molar-refractivity contribution in [2.45, 2.75) is 38.5 Å².